The van der Waals surface area contributed by atoms with Crippen molar-refractivity contribution in [2.24, 2.45) is 11.8 Å². The van der Waals surface area contributed by atoms with Gasteiger partial charge in [-0.15, -0.1) is 12.4 Å². The molecule has 2 heterocycles. The molecule has 2 aliphatic heterocycles. The maximum absolute atomic E-state index is 12.6. The van der Waals surface area contributed by atoms with E-state index in [1.54, 1.807) is 4.90 Å². The van der Waals surface area contributed by atoms with Crippen molar-refractivity contribution in [3.63, 3.8) is 0 Å². The van der Waals surface area contributed by atoms with Gasteiger partial charge in [-0.25, -0.2) is 0 Å². The maximum Gasteiger partial charge on any atom is 0.239 e. The lowest BCUT2D eigenvalue weighted by Gasteiger charge is -2.18. The Morgan fingerprint density at radius 1 is 1.24 bits per heavy atom. The monoisotopic (exact) mass is 365 g/mol. The summed E-state index contributed by atoms with van der Waals surface area (Å²) in [4.78, 5) is 26.8. The third-order valence-corrected chi connectivity index (χ3v) is 5.05. The molecular weight excluding hydrogens is 338 g/mol. The van der Waals surface area contributed by atoms with E-state index >= 15 is 0 Å². The third kappa shape index (κ3) is 4.73. The molecule has 0 aromatic heterocycles. The SMILES string of the molecule is Cc1cc(C)cc(N2CCC(C(=O)NCCC3CCNC3)C2=O)c1.Cl. The zero-order valence-corrected chi connectivity index (χ0v) is 15.8. The Hall–Kier alpha value is -1.59. The number of nitrogens with zero attached hydrogens (tertiary/aromatic N) is 1. The summed E-state index contributed by atoms with van der Waals surface area (Å²) in [6, 6.07) is 6.11. The van der Waals surface area contributed by atoms with Gasteiger partial charge < -0.3 is 15.5 Å². The minimum absolute atomic E-state index is 0. The van der Waals surface area contributed by atoms with Crippen LogP contribution >= 0.6 is 12.4 Å². The number of hydrogen-bond donors (Lipinski definition) is 2. The first-order valence-electron chi connectivity index (χ1n) is 8.92. The molecule has 1 aromatic carbocycles. The highest BCUT2D eigenvalue weighted by atomic mass is 35.5. The quantitative estimate of drug-likeness (QED) is 0.786. The summed E-state index contributed by atoms with van der Waals surface area (Å²) in [6.45, 7) is 7.45. The van der Waals surface area contributed by atoms with Crippen molar-refractivity contribution in [1.82, 2.24) is 10.6 Å². The topological polar surface area (TPSA) is 61.4 Å². The van der Waals surface area contributed by atoms with E-state index in [2.05, 4.69) is 16.7 Å². The molecule has 2 atom stereocenters. The van der Waals surface area contributed by atoms with Gasteiger partial charge in [-0.3, -0.25) is 9.59 Å². The molecule has 2 unspecified atom stereocenters. The standard InChI is InChI=1S/C19H27N3O2.ClH/c1-13-9-14(2)11-16(10-13)22-8-5-17(19(22)24)18(23)21-7-4-15-3-6-20-12-15;/h9-11,15,17,20H,3-8,12H2,1-2H3,(H,21,23);1H. The molecule has 2 aliphatic rings. The minimum Gasteiger partial charge on any atom is -0.355 e. The van der Waals surface area contributed by atoms with Crippen LogP contribution in [0.1, 0.15) is 30.4 Å². The number of benzene rings is 1. The Bertz CT molecular complexity index is 609. The van der Waals surface area contributed by atoms with Crippen molar-refractivity contribution in [2.75, 3.05) is 31.1 Å². The Morgan fingerprint density at radius 3 is 2.60 bits per heavy atom. The van der Waals surface area contributed by atoms with Gasteiger partial charge >= 0.3 is 0 Å². The van der Waals surface area contributed by atoms with Crippen LogP contribution in [0.3, 0.4) is 0 Å². The molecule has 0 aliphatic carbocycles. The number of hydrogen-bond acceptors (Lipinski definition) is 3. The summed E-state index contributed by atoms with van der Waals surface area (Å²) in [5.74, 6) is -0.0678. The van der Waals surface area contributed by atoms with Crippen LogP contribution in [0.5, 0.6) is 0 Å². The summed E-state index contributed by atoms with van der Waals surface area (Å²) < 4.78 is 0. The number of carbonyl (C=O) groups is 2. The van der Waals surface area contributed by atoms with Crippen LogP contribution in [0, 0.1) is 25.7 Å². The lowest BCUT2D eigenvalue weighted by molar-refractivity contribution is -0.132. The van der Waals surface area contributed by atoms with Crippen molar-refractivity contribution in [3.8, 4) is 0 Å². The Labute approximate surface area is 155 Å². The molecule has 2 N–H and O–H groups in total. The lowest BCUT2D eigenvalue weighted by Crippen LogP contribution is -2.37. The van der Waals surface area contributed by atoms with Crippen LogP contribution in [0.2, 0.25) is 0 Å². The number of anilines is 1. The lowest BCUT2D eigenvalue weighted by atomic mass is 10.0. The fourth-order valence-electron chi connectivity index (χ4n) is 3.77. The Kier molecular flexibility index (Phi) is 6.85. The van der Waals surface area contributed by atoms with Gasteiger partial charge in [0.05, 0.1) is 0 Å². The van der Waals surface area contributed by atoms with E-state index in [1.807, 2.05) is 26.0 Å². The van der Waals surface area contributed by atoms with Crippen LogP contribution in [-0.4, -0.2) is 38.0 Å². The van der Waals surface area contributed by atoms with E-state index in [4.69, 9.17) is 0 Å². The number of nitrogens with one attached hydrogen (secondary N) is 2. The van der Waals surface area contributed by atoms with Gasteiger partial charge in [0.2, 0.25) is 11.8 Å². The van der Waals surface area contributed by atoms with Gasteiger partial charge in [0, 0.05) is 18.8 Å². The predicted octanol–water partition coefficient (Wildman–Crippen LogP) is 2.19. The summed E-state index contributed by atoms with van der Waals surface area (Å²) in [7, 11) is 0. The maximum atomic E-state index is 12.6. The fourth-order valence-corrected chi connectivity index (χ4v) is 3.77. The summed E-state index contributed by atoms with van der Waals surface area (Å²) in [6.07, 6.45) is 2.77. The zero-order valence-electron chi connectivity index (χ0n) is 15.0. The minimum atomic E-state index is -0.535. The first-order valence-corrected chi connectivity index (χ1v) is 8.92. The van der Waals surface area contributed by atoms with E-state index in [9.17, 15) is 9.59 Å². The number of carbonyl (C=O) groups excluding carboxylic acids is 2. The van der Waals surface area contributed by atoms with Gasteiger partial charge in [0.25, 0.3) is 0 Å². The van der Waals surface area contributed by atoms with E-state index < -0.39 is 5.92 Å². The molecule has 138 valence electrons. The molecule has 0 bridgehead atoms. The average Bonchev–Trinajstić information content (AvgIpc) is 3.15. The van der Waals surface area contributed by atoms with Crippen LogP contribution < -0.4 is 15.5 Å². The molecule has 2 fully saturated rings. The molecule has 3 rings (SSSR count). The van der Waals surface area contributed by atoms with E-state index in [-0.39, 0.29) is 24.2 Å². The van der Waals surface area contributed by atoms with Gasteiger partial charge in [-0.2, -0.15) is 0 Å². The smallest absolute Gasteiger partial charge is 0.239 e. The van der Waals surface area contributed by atoms with Crippen LogP contribution in [0.25, 0.3) is 0 Å². The second-order valence-electron chi connectivity index (χ2n) is 7.12. The molecule has 6 heteroatoms. The molecule has 1 aromatic rings. The van der Waals surface area contributed by atoms with Crippen molar-refractivity contribution in [1.29, 1.82) is 0 Å². The molecule has 25 heavy (non-hydrogen) atoms. The molecule has 0 spiro atoms. The van der Waals surface area contributed by atoms with Gasteiger partial charge in [-0.05, 0) is 75.4 Å². The zero-order chi connectivity index (χ0) is 17.1. The van der Waals surface area contributed by atoms with Crippen molar-refractivity contribution >= 4 is 29.9 Å². The summed E-state index contributed by atoms with van der Waals surface area (Å²) >= 11 is 0. The van der Waals surface area contributed by atoms with E-state index in [0.717, 1.165) is 36.3 Å². The molecule has 2 amide bonds. The van der Waals surface area contributed by atoms with Gasteiger partial charge in [0.15, 0.2) is 0 Å². The van der Waals surface area contributed by atoms with Gasteiger partial charge in [-0.1, -0.05) is 6.07 Å². The van der Waals surface area contributed by atoms with Crippen LogP contribution in [0.15, 0.2) is 18.2 Å². The second-order valence-corrected chi connectivity index (χ2v) is 7.12. The molecular formula is C19H28ClN3O2. The van der Waals surface area contributed by atoms with E-state index in [1.165, 1.54) is 6.42 Å². The number of aryl methyl sites for hydroxylation is 2. The summed E-state index contributed by atoms with van der Waals surface area (Å²) in [5.41, 5.74) is 3.18. The predicted molar refractivity (Wildman–Crippen MR) is 102 cm³/mol. The van der Waals surface area contributed by atoms with Crippen molar-refractivity contribution in [2.45, 2.75) is 33.1 Å². The molecule has 5 nitrogen and oxygen atoms in total. The fraction of sp³-hybridized carbons (Fsp3) is 0.579. The molecule has 0 radical (unpaired) electrons. The first kappa shape index (κ1) is 19.7. The largest absolute Gasteiger partial charge is 0.355 e. The average molecular weight is 366 g/mol. The third-order valence-electron chi connectivity index (χ3n) is 5.05. The highest BCUT2D eigenvalue weighted by Crippen LogP contribution is 2.27. The second kappa shape index (κ2) is 8.68. The number of rotatable bonds is 5. The Balaban J connectivity index is 0.00000225. The van der Waals surface area contributed by atoms with Crippen molar-refractivity contribution < 1.29 is 9.59 Å². The van der Waals surface area contributed by atoms with Crippen molar-refractivity contribution in [3.05, 3.63) is 29.3 Å². The number of halogens is 1. The Morgan fingerprint density at radius 2 is 1.96 bits per heavy atom. The highest BCUT2D eigenvalue weighted by Gasteiger charge is 2.37. The van der Waals surface area contributed by atoms with E-state index in [0.29, 0.717) is 25.4 Å². The number of amides is 2. The highest BCUT2D eigenvalue weighted by molar-refractivity contribution is 6.09. The van der Waals surface area contributed by atoms with Crippen LogP contribution in [-0.2, 0) is 9.59 Å². The molecule has 0 saturated carbocycles. The van der Waals surface area contributed by atoms with Gasteiger partial charge in [0.1, 0.15) is 5.92 Å². The normalized spacial score (nSPS) is 22.8. The van der Waals surface area contributed by atoms with Crippen LogP contribution in [0.4, 0.5) is 5.69 Å². The first-order chi connectivity index (χ1) is 11.5. The summed E-state index contributed by atoms with van der Waals surface area (Å²) in [5, 5.41) is 6.29. The molecule has 2 saturated heterocycles.